The highest BCUT2D eigenvalue weighted by Crippen LogP contribution is 2.44. The van der Waals surface area contributed by atoms with Gasteiger partial charge in [-0.2, -0.15) is 0 Å². The van der Waals surface area contributed by atoms with Gasteiger partial charge in [0.1, 0.15) is 29.1 Å². The summed E-state index contributed by atoms with van der Waals surface area (Å²) in [6, 6.07) is 50.6. The van der Waals surface area contributed by atoms with Crippen LogP contribution in [0.15, 0.2) is 140 Å². The van der Waals surface area contributed by atoms with E-state index in [2.05, 4.69) is 237 Å². The van der Waals surface area contributed by atoms with E-state index in [1.165, 1.54) is 16.7 Å². The Morgan fingerprint density at radius 3 is 0.884 bits per heavy atom. The van der Waals surface area contributed by atoms with E-state index in [1.54, 1.807) is 0 Å². The van der Waals surface area contributed by atoms with Crippen molar-refractivity contribution < 1.29 is 0 Å². The molecule has 0 aliphatic heterocycles. The van der Waals surface area contributed by atoms with E-state index in [0.29, 0.717) is 35.5 Å². The van der Waals surface area contributed by atoms with Gasteiger partial charge in [0.2, 0.25) is 0 Å². The molecule has 0 aliphatic rings. The number of nitrogens with zero attached hydrogens (tertiary/aromatic N) is 7. The molecule has 360 valence electrons. The summed E-state index contributed by atoms with van der Waals surface area (Å²) >= 11 is 0. The summed E-state index contributed by atoms with van der Waals surface area (Å²) in [6.45, 7) is 27.2. The Kier molecular flexibility index (Phi) is 17.1. The molecule has 0 saturated carbocycles. The smallest absolute Gasteiger partial charge is 0.143 e. The third-order valence-corrected chi connectivity index (χ3v) is 11.9. The number of hydrogen-bond acceptors (Lipinski definition) is 7. The molecule has 0 N–H and O–H groups in total. The zero-order valence-corrected chi connectivity index (χ0v) is 43.6. The van der Waals surface area contributed by atoms with Gasteiger partial charge in [-0.25, -0.2) is 19.9 Å². The summed E-state index contributed by atoms with van der Waals surface area (Å²) in [5.41, 5.74) is 10.9. The van der Waals surface area contributed by atoms with E-state index in [9.17, 15) is 0 Å². The van der Waals surface area contributed by atoms with Gasteiger partial charge in [0.15, 0.2) is 0 Å². The fraction of sp³-hybridized carbons (Fsp3) is 0.387. The molecule has 7 rings (SSSR count). The third kappa shape index (κ3) is 13.9. The standard InChI is InChI=1S/C62H77N7/c1-42(2)31-48-19-13-25-54(37-48)67(58-28-16-22-51(63-58)34-45(7)8)57-40-61(68(55-26-14-20-49(38-55)32-43(3)4)59-29-17-23-52(64-59)35-46(9)10)66-62(41-57)69(56-27-15-21-50(39-56)33-44(5)6)60-30-18-24-53(65-60)36-47(11)12/h13-30,37-47H,31-36H2,1-12H3. The van der Waals surface area contributed by atoms with Crippen molar-refractivity contribution in [3.8, 4) is 0 Å². The van der Waals surface area contributed by atoms with Crippen LogP contribution in [0.5, 0.6) is 0 Å². The van der Waals surface area contributed by atoms with Gasteiger partial charge < -0.3 is 0 Å². The monoisotopic (exact) mass is 920 g/mol. The molecule has 7 nitrogen and oxygen atoms in total. The molecule has 0 fully saturated rings. The summed E-state index contributed by atoms with van der Waals surface area (Å²) < 4.78 is 0. The molecule has 69 heavy (non-hydrogen) atoms. The molecule has 0 bridgehead atoms. The molecule has 0 radical (unpaired) electrons. The highest BCUT2D eigenvalue weighted by atomic mass is 15.3. The minimum absolute atomic E-state index is 0.446. The maximum atomic E-state index is 5.81. The Balaban J connectivity index is 1.60. The largest absolute Gasteiger partial charge is 0.295 e. The predicted molar refractivity (Wildman–Crippen MR) is 293 cm³/mol. The maximum absolute atomic E-state index is 5.81. The summed E-state index contributed by atoms with van der Waals surface area (Å²) in [5, 5.41) is 0. The molecule has 0 spiro atoms. The van der Waals surface area contributed by atoms with Crippen LogP contribution in [0.1, 0.15) is 117 Å². The molecule has 0 amide bonds. The second-order valence-electron chi connectivity index (χ2n) is 21.6. The lowest BCUT2D eigenvalue weighted by atomic mass is 10.0. The highest BCUT2D eigenvalue weighted by molar-refractivity contribution is 5.85. The van der Waals surface area contributed by atoms with Crippen LogP contribution in [0, 0.1) is 35.5 Å². The van der Waals surface area contributed by atoms with Gasteiger partial charge in [0.05, 0.1) is 5.69 Å². The second kappa shape index (κ2) is 23.3. The summed E-state index contributed by atoms with van der Waals surface area (Å²) in [6.07, 6.45) is 5.49. The second-order valence-corrected chi connectivity index (χ2v) is 21.6. The maximum Gasteiger partial charge on any atom is 0.143 e. The lowest BCUT2D eigenvalue weighted by Gasteiger charge is -2.31. The van der Waals surface area contributed by atoms with Crippen LogP contribution >= 0.6 is 0 Å². The van der Waals surface area contributed by atoms with Crippen molar-refractivity contribution in [3.63, 3.8) is 0 Å². The van der Waals surface area contributed by atoms with Crippen LogP contribution in [0.2, 0.25) is 0 Å². The molecule has 4 aromatic heterocycles. The van der Waals surface area contributed by atoms with E-state index >= 15 is 0 Å². The zero-order chi connectivity index (χ0) is 49.2. The zero-order valence-electron chi connectivity index (χ0n) is 43.6. The first-order valence-electron chi connectivity index (χ1n) is 25.7. The van der Waals surface area contributed by atoms with Crippen molar-refractivity contribution in [2.24, 2.45) is 35.5 Å². The average molecular weight is 920 g/mol. The third-order valence-electron chi connectivity index (χ3n) is 11.9. The Morgan fingerprint density at radius 2 is 0.565 bits per heavy atom. The first kappa shape index (κ1) is 50.5. The quantitative estimate of drug-likeness (QED) is 0.0711. The molecule has 4 heterocycles. The van der Waals surface area contributed by atoms with Crippen LogP contribution in [0.25, 0.3) is 0 Å². The lowest BCUT2D eigenvalue weighted by molar-refractivity contribution is 0.635. The normalized spacial score (nSPS) is 11.7. The Bertz CT molecular complexity index is 2280. The summed E-state index contributed by atoms with van der Waals surface area (Å²) in [7, 11) is 0. The fourth-order valence-electron chi connectivity index (χ4n) is 9.28. The van der Waals surface area contributed by atoms with Crippen molar-refractivity contribution in [2.75, 3.05) is 14.7 Å². The van der Waals surface area contributed by atoms with E-state index < -0.39 is 0 Å². The number of aromatic nitrogens is 4. The van der Waals surface area contributed by atoms with Crippen LogP contribution in [0.4, 0.5) is 51.8 Å². The number of hydrogen-bond donors (Lipinski definition) is 0. The van der Waals surface area contributed by atoms with Crippen molar-refractivity contribution in [1.29, 1.82) is 0 Å². The SMILES string of the molecule is CC(C)Cc1cccc(N(c2cc(N(c3cccc(CC(C)C)c3)c3cccc(CC(C)C)n3)nc(N(c3cccc(CC(C)C)c3)c3cccc(CC(C)C)n3)c2)c2cccc(CC(C)C)n2)c1. The predicted octanol–water partition coefficient (Wildman–Crippen LogP) is 16.9. The highest BCUT2D eigenvalue weighted by Gasteiger charge is 2.26. The van der Waals surface area contributed by atoms with Crippen molar-refractivity contribution in [1.82, 2.24) is 19.9 Å². The fourth-order valence-corrected chi connectivity index (χ4v) is 9.28. The van der Waals surface area contributed by atoms with Crippen molar-refractivity contribution in [2.45, 2.75) is 122 Å². The van der Waals surface area contributed by atoms with E-state index in [0.717, 1.165) is 107 Å². The van der Waals surface area contributed by atoms with Gasteiger partial charge in [0.25, 0.3) is 0 Å². The molecule has 0 atom stereocenters. The topological polar surface area (TPSA) is 61.3 Å². The molecule has 0 aliphatic carbocycles. The van der Waals surface area contributed by atoms with Crippen LogP contribution in [0.3, 0.4) is 0 Å². The average Bonchev–Trinajstić information content (AvgIpc) is 3.26. The van der Waals surface area contributed by atoms with Gasteiger partial charge in [-0.3, -0.25) is 14.7 Å². The number of pyridine rings is 4. The molecule has 7 heteroatoms. The number of benzene rings is 3. The van der Waals surface area contributed by atoms with Crippen LogP contribution in [-0.4, -0.2) is 19.9 Å². The van der Waals surface area contributed by atoms with Crippen molar-refractivity contribution in [3.05, 3.63) is 173 Å². The van der Waals surface area contributed by atoms with Crippen LogP contribution < -0.4 is 14.7 Å². The molecule has 7 aromatic rings. The van der Waals surface area contributed by atoms with Crippen molar-refractivity contribution >= 4 is 51.8 Å². The Hall–Kier alpha value is -6.34. The summed E-state index contributed by atoms with van der Waals surface area (Å²) in [4.78, 5) is 29.0. The van der Waals surface area contributed by atoms with Gasteiger partial charge in [0, 0.05) is 46.3 Å². The Morgan fingerprint density at radius 1 is 0.275 bits per heavy atom. The first-order valence-corrected chi connectivity index (χ1v) is 25.7. The molecule has 0 unspecified atom stereocenters. The van der Waals surface area contributed by atoms with E-state index in [-0.39, 0.29) is 0 Å². The molecule has 3 aromatic carbocycles. The first-order chi connectivity index (χ1) is 33.1. The van der Waals surface area contributed by atoms with Gasteiger partial charge >= 0.3 is 0 Å². The van der Waals surface area contributed by atoms with Gasteiger partial charge in [-0.05, 0) is 164 Å². The van der Waals surface area contributed by atoms with Gasteiger partial charge in [-0.1, -0.05) is 138 Å². The van der Waals surface area contributed by atoms with E-state index in [1.807, 2.05) is 0 Å². The van der Waals surface area contributed by atoms with Gasteiger partial charge in [-0.15, -0.1) is 0 Å². The molecular formula is C62H77N7. The molecular weight excluding hydrogens is 843 g/mol. The minimum Gasteiger partial charge on any atom is -0.295 e. The van der Waals surface area contributed by atoms with E-state index in [4.69, 9.17) is 19.9 Å². The Labute approximate surface area is 415 Å². The molecule has 0 saturated heterocycles. The lowest BCUT2D eigenvalue weighted by Crippen LogP contribution is -2.20. The van der Waals surface area contributed by atoms with Crippen LogP contribution in [-0.2, 0) is 38.5 Å². The summed E-state index contributed by atoms with van der Waals surface area (Å²) in [5.74, 6) is 6.78. The number of rotatable bonds is 21. The number of anilines is 9. The minimum atomic E-state index is 0.446.